The zero-order valence-corrected chi connectivity index (χ0v) is 11.2. The molecule has 0 aliphatic carbocycles. The van der Waals surface area contributed by atoms with Gasteiger partial charge in [-0.3, -0.25) is 0 Å². The molecule has 1 aromatic rings. The van der Waals surface area contributed by atoms with E-state index >= 15 is 0 Å². The van der Waals surface area contributed by atoms with Gasteiger partial charge in [0, 0.05) is 12.0 Å². The van der Waals surface area contributed by atoms with Crippen molar-refractivity contribution in [3.05, 3.63) is 42.0 Å². The van der Waals surface area contributed by atoms with Crippen LogP contribution in [0.2, 0.25) is 0 Å². The Hall–Kier alpha value is -1.37. The van der Waals surface area contributed by atoms with E-state index < -0.39 is 0 Å². The molecule has 17 heavy (non-hydrogen) atoms. The molecule has 0 aliphatic rings. The van der Waals surface area contributed by atoms with Crippen molar-refractivity contribution in [2.75, 3.05) is 27.2 Å². The van der Waals surface area contributed by atoms with Gasteiger partial charge in [0.05, 0.1) is 27.2 Å². The summed E-state index contributed by atoms with van der Waals surface area (Å²) >= 11 is 0. The molecule has 0 N–H and O–H groups in total. The zero-order valence-electron chi connectivity index (χ0n) is 11.2. The summed E-state index contributed by atoms with van der Waals surface area (Å²) in [5.41, 5.74) is 2.71. The Kier molecular flexibility index (Phi) is 5.14. The number of aliphatic imine (C=N–C) groups is 1. The molecule has 0 radical (unpaired) electrons. The molecule has 0 amide bonds. The SMILES string of the molecule is C=C=NCCC[N+](C)(C)Cc1ccc(C)cc1. The Balaban J connectivity index is 2.47. The molecule has 0 fully saturated rings. The molecule has 0 spiro atoms. The van der Waals surface area contributed by atoms with Gasteiger partial charge in [-0.1, -0.05) is 29.8 Å². The minimum atomic E-state index is 0.832. The standard InChI is InChI=1S/C15H23N2/c1-5-16-11-6-12-17(3,4)13-15-9-7-14(2)8-10-15/h7-10H,1,6,11-13H2,2-4H3/q+1. The smallest absolute Gasteiger partial charge is 0.104 e. The fourth-order valence-electron chi connectivity index (χ4n) is 1.92. The Morgan fingerprint density at radius 1 is 1.24 bits per heavy atom. The Labute approximate surface area is 105 Å². The zero-order chi connectivity index (χ0) is 12.7. The lowest BCUT2D eigenvalue weighted by Crippen LogP contribution is -2.39. The minimum absolute atomic E-state index is 0.832. The number of nitrogens with zero attached hydrogens (tertiary/aromatic N) is 2. The van der Waals surface area contributed by atoms with Crippen LogP contribution in [0.15, 0.2) is 35.8 Å². The van der Waals surface area contributed by atoms with Gasteiger partial charge < -0.3 is 4.48 Å². The highest BCUT2D eigenvalue weighted by molar-refractivity contribution is 5.46. The van der Waals surface area contributed by atoms with Crippen LogP contribution in [0.5, 0.6) is 0 Å². The number of quaternary nitrogens is 1. The van der Waals surface area contributed by atoms with Crippen molar-refractivity contribution in [2.24, 2.45) is 4.99 Å². The first-order valence-electron chi connectivity index (χ1n) is 6.10. The maximum atomic E-state index is 4.02. The average molecular weight is 231 g/mol. The summed E-state index contributed by atoms with van der Waals surface area (Å²) in [7, 11) is 4.52. The average Bonchev–Trinajstić information content (AvgIpc) is 2.27. The predicted molar refractivity (Wildman–Crippen MR) is 74.4 cm³/mol. The summed E-state index contributed by atoms with van der Waals surface area (Å²) in [4.78, 5) is 4.02. The lowest BCUT2D eigenvalue weighted by molar-refractivity contribution is -0.903. The van der Waals surface area contributed by atoms with Gasteiger partial charge in [-0.25, -0.2) is 4.99 Å². The largest absolute Gasteiger partial charge is 0.325 e. The molecular formula is C15H23N2+. The third-order valence-corrected chi connectivity index (χ3v) is 2.88. The minimum Gasteiger partial charge on any atom is -0.325 e. The van der Waals surface area contributed by atoms with Crippen molar-refractivity contribution in [2.45, 2.75) is 19.9 Å². The van der Waals surface area contributed by atoms with Crippen LogP contribution < -0.4 is 0 Å². The molecular weight excluding hydrogens is 208 g/mol. The molecule has 92 valence electrons. The molecule has 2 nitrogen and oxygen atoms in total. The quantitative estimate of drug-likeness (QED) is 0.405. The monoisotopic (exact) mass is 231 g/mol. The van der Waals surface area contributed by atoms with Crippen molar-refractivity contribution in [1.29, 1.82) is 0 Å². The van der Waals surface area contributed by atoms with Gasteiger partial charge in [0.25, 0.3) is 0 Å². The molecule has 0 aromatic heterocycles. The lowest BCUT2D eigenvalue weighted by atomic mass is 10.1. The number of benzene rings is 1. The van der Waals surface area contributed by atoms with Crippen molar-refractivity contribution in [3.8, 4) is 0 Å². The van der Waals surface area contributed by atoms with Gasteiger partial charge >= 0.3 is 0 Å². The van der Waals surface area contributed by atoms with E-state index in [2.05, 4.69) is 62.7 Å². The van der Waals surface area contributed by atoms with Crippen molar-refractivity contribution >= 4 is 5.87 Å². The second-order valence-corrected chi connectivity index (χ2v) is 5.20. The van der Waals surface area contributed by atoms with Gasteiger partial charge in [0.1, 0.15) is 6.54 Å². The van der Waals surface area contributed by atoms with Crippen LogP contribution in [0.1, 0.15) is 17.5 Å². The second-order valence-electron chi connectivity index (χ2n) is 5.20. The first-order chi connectivity index (χ1) is 8.03. The van der Waals surface area contributed by atoms with E-state index in [9.17, 15) is 0 Å². The normalized spacial score (nSPS) is 11.0. The van der Waals surface area contributed by atoms with E-state index in [1.807, 2.05) is 0 Å². The Bertz CT molecular complexity index is 384. The van der Waals surface area contributed by atoms with Crippen molar-refractivity contribution < 1.29 is 4.48 Å². The van der Waals surface area contributed by atoms with Crippen LogP contribution in [0.3, 0.4) is 0 Å². The summed E-state index contributed by atoms with van der Waals surface area (Å²) in [5.74, 6) is 2.58. The maximum absolute atomic E-state index is 4.02. The van der Waals surface area contributed by atoms with E-state index in [0.29, 0.717) is 0 Å². The highest BCUT2D eigenvalue weighted by atomic mass is 15.3. The molecule has 2 heteroatoms. The van der Waals surface area contributed by atoms with Crippen LogP contribution >= 0.6 is 0 Å². The molecule has 0 saturated carbocycles. The number of hydrogen-bond donors (Lipinski definition) is 0. The van der Waals surface area contributed by atoms with Crippen LogP contribution in [-0.4, -0.2) is 37.5 Å². The number of aryl methyl sites for hydroxylation is 1. The number of rotatable bonds is 6. The van der Waals surface area contributed by atoms with Crippen molar-refractivity contribution in [3.63, 3.8) is 0 Å². The highest BCUT2D eigenvalue weighted by Gasteiger charge is 2.14. The van der Waals surface area contributed by atoms with Crippen LogP contribution in [0.4, 0.5) is 0 Å². The third kappa shape index (κ3) is 5.48. The van der Waals surface area contributed by atoms with E-state index in [1.165, 1.54) is 11.1 Å². The summed E-state index contributed by atoms with van der Waals surface area (Å²) in [6, 6.07) is 8.79. The van der Waals surface area contributed by atoms with Gasteiger partial charge in [0.2, 0.25) is 0 Å². The van der Waals surface area contributed by atoms with Crippen LogP contribution in [0.25, 0.3) is 0 Å². The third-order valence-electron chi connectivity index (χ3n) is 2.88. The molecule has 0 unspecified atom stereocenters. The van der Waals surface area contributed by atoms with E-state index in [0.717, 1.165) is 30.5 Å². The van der Waals surface area contributed by atoms with Crippen LogP contribution in [-0.2, 0) is 6.54 Å². The highest BCUT2D eigenvalue weighted by Crippen LogP contribution is 2.11. The van der Waals surface area contributed by atoms with Crippen LogP contribution in [0, 0.1) is 6.92 Å². The molecule has 0 heterocycles. The molecule has 0 atom stereocenters. The van der Waals surface area contributed by atoms with Gasteiger partial charge in [-0.2, -0.15) is 0 Å². The van der Waals surface area contributed by atoms with E-state index in [4.69, 9.17) is 0 Å². The first-order valence-corrected chi connectivity index (χ1v) is 6.10. The molecule has 1 rings (SSSR count). The van der Waals surface area contributed by atoms with E-state index in [1.54, 1.807) is 0 Å². The lowest BCUT2D eigenvalue weighted by Gasteiger charge is -2.29. The second kappa shape index (κ2) is 6.39. The summed E-state index contributed by atoms with van der Waals surface area (Å²) in [5, 5.41) is 0. The Morgan fingerprint density at radius 2 is 1.88 bits per heavy atom. The molecule has 1 aromatic carbocycles. The fraction of sp³-hybridized carbons (Fsp3) is 0.467. The molecule has 0 bridgehead atoms. The van der Waals surface area contributed by atoms with Gasteiger partial charge in [-0.05, 0) is 19.4 Å². The summed E-state index contributed by atoms with van der Waals surface area (Å²) < 4.78 is 0.996. The Morgan fingerprint density at radius 3 is 2.47 bits per heavy atom. The number of hydrogen-bond acceptors (Lipinski definition) is 1. The summed E-state index contributed by atoms with van der Waals surface area (Å²) in [6.45, 7) is 8.62. The predicted octanol–water partition coefficient (Wildman–Crippen LogP) is 2.82. The molecule has 0 aliphatic heterocycles. The first kappa shape index (κ1) is 13.7. The summed E-state index contributed by atoms with van der Waals surface area (Å²) in [6.07, 6.45) is 1.08. The molecule has 0 saturated heterocycles. The van der Waals surface area contributed by atoms with Crippen molar-refractivity contribution in [1.82, 2.24) is 0 Å². The fourth-order valence-corrected chi connectivity index (χ4v) is 1.92. The topological polar surface area (TPSA) is 12.4 Å². The van der Waals surface area contributed by atoms with Gasteiger partial charge in [0.15, 0.2) is 0 Å². The van der Waals surface area contributed by atoms with Gasteiger partial charge in [-0.15, -0.1) is 0 Å². The maximum Gasteiger partial charge on any atom is 0.104 e. The van der Waals surface area contributed by atoms with E-state index in [-0.39, 0.29) is 0 Å².